The Kier molecular flexibility index (Phi) is 4.59. The second kappa shape index (κ2) is 5.52. The molecular formula is C14H17F4NO. The number of rotatable bonds is 4. The van der Waals surface area contributed by atoms with Crippen LogP contribution < -0.4 is 0 Å². The van der Waals surface area contributed by atoms with Crippen LogP contribution in [0.25, 0.3) is 0 Å². The molecule has 0 fully saturated rings. The largest absolute Gasteiger partial charge is 0.419 e. The molecule has 1 atom stereocenters. The van der Waals surface area contributed by atoms with Gasteiger partial charge in [0.2, 0.25) is 0 Å². The Morgan fingerprint density at radius 3 is 2.15 bits per heavy atom. The van der Waals surface area contributed by atoms with Crippen LogP contribution in [0.1, 0.15) is 36.2 Å². The summed E-state index contributed by atoms with van der Waals surface area (Å²) in [4.78, 5) is 14.0. The SMILES string of the molecule is CCC(C)(C(=O)c1ccc(C(F)(F)F)c(F)c1)N(C)C. The van der Waals surface area contributed by atoms with Gasteiger partial charge in [0.05, 0.1) is 11.1 Å². The maximum absolute atomic E-state index is 13.5. The van der Waals surface area contributed by atoms with Crippen molar-refractivity contribution in [2.75, 3.05) is 14.1 Å². The van der Waals surface area contributed by atoms with Gasteiger partial charge in [-0.05, 0) is 39.6 Å². The number of ketones is 1. The first-order valence-electron chi connectivity index (χ1n) is 6.13. The Hall–Kier alpha value is -1.43. The molecule has 0 saturated heterocycles. The number of hydrogen-bond acceptors (Lipinski definition) is 2. The summed E-state index contributed by atoms with van der Waals surface area (Å²) in [7, 11) is 3.39. The van der Waals surface area contributed by atoms with Gasteiger partial charge in [0.1, 0.15) is 5.82 Å². The van der Waals surface area contributed by atoms with Crippen molar-refractivity contribution in [3.63, 3.8) is 0 Å². The highest BCUT2D eigenvalue weighted by molar-refractivity contribution is 6.03. The van der Waals surface area contributed by atoms with Crippen LogP contribution in [-0.2, 0) is 6.18 Å². The Morgan fingerprint density at radius 1 is 1.25 bits per heavy atom. The second-order valence-electron chi connectivity index (χ2n) is 5.04. The van der Waals surface area contributed by atoms with Crippen LogP contribution in [0, 0.1) is 5.82 Å². The van der Waals surface area contributed by atoms with E-state index in [0.717, 1.165) is 6.07 Å². The number of carbonyl (C=O) groups excluding carboxylic acids is 1. The van der Waals surface area contributed by atoms with Crippen molar-refractivity contribution >= 4 is 5.78 Å². The van der Waals surface area contributed by atoms with E-state index in [-0.39, 0.29) is 5.56 Å². The minimum absolute atomic E-state index is 0.0615. The smallest absolute Gasteiger partial charge is 0.297 e. The molecule has 0 aromatic heterocycles. The normalized spacial score (nSPS) is 15.2. The highest BCUT2D eigenvalue weighted by Gasteiger charge is 2.37. The molecule has 1 aromatic rings. The minimum Gasteiger partial charge on any atom is -0.297 e. The summed E-state index contributed by atoms with van der Waals surface area (Å²) in [5, 5.41) is 0. The van der Waals surface area contributed by atoms with E-state index in [1.165, 1.54) is 0 Å². The van der Waals surface area contributed by atoms with Crippen molar-refractivity contribution < 1.29 is 22.4 Å². The molecule has 0 aliphatic heterocycles. The van der Waals surface area contributed by atoms with Crippen molar-refractivity contribution in [3.05, 3.63) is 35.1 Å². The fourth-order valence-corrected chi connectivity index (χ4v) is 1.88. The van der Waals surface area contributed by atoms with Crippen LogP contribution >= 0.6 is 0 Å². The van der Waals surface area contributed by atoms with Crippen LogP contribution in [0.2, 0.25) is 0 Å². The first-order chi connectivity index (χ1) is 9.04. The molecule has 0 aliphatic rings. The highest BCUT2D eigenvalue weighted by atomic mass is 19.4. The van der Waals surface area contributed by atoms with Gasteiger partial charge in [0, 0.05) is 5.56 Å². The maximum Gasteiger partial charge on any atom is 0.419 e. The third-order valence-corrected chi connectivity index (χ3v) is 3.70. The lowest BCUT2D eigenvalue weighted by atomic mass is 9.87. The minimum atomic E-state index is -4.76. The van der Waals surface area contributed by atoms with E-state index in [0.29, 0.717) is 18.6 Å². The van der Waals surface area contributed by atoms with E-state index in [4.69, 9.17) is 0 Å². The molecule has 0 heterocycles. The number of halogens is 4. The average molecular weight is 291 g/mol. The predicted octanol–water partition coefficient (Wildman–Crippen LogP) is 3.76. The first-order valence-corrected chi connectivity index (χ1v) is 6.13. The lowest BCUT2D eigenvalue weighted by molar-refractivity contribution is -0.140. The Balaban J connectivity index is 3.23. The summed E-state index contributed by atoms with van der Waals surface area (Å²) < 4.78 is 50.9. The van der Waals surface area contributed by atoms with Crippen molar-refractivity contribution in [1.82, 2.24) is 4.90 Å². The zero-order chi connectivity index (χ0) is 15.7. The second-order valence-corrected chi connectivity index (χ2v) is 5.04. The van der Waals surface area contributed by atoms with Gasteiger partial charge in [-0.2, -0.15) is 13.2 Å². The number of Topliss-reactive ketones (excluding diaryl/α,β-unsaturated/α-hetero) is 1. The van der Waals surface area contributed by atoms with Gasteiger partial charge in [-0.1, -0.05) is 13.0 Å². The Bertz CT molecular complexity index is 510. The van der Waals surface area contributed by atoms with E-state index in [1.54, 1.807) is 32.8 Å². The van der Waals surface area contributed by atoms with Crippen LogP contribution in [0.3, 0.4) is 0 Å². The van der Waals surface area contributed by atoms with Gasteiger partial charge in [-0.15, -0.1) is 0 Å². The molecule has 0 spiro atoms. The zero-order valence-corrected chi connectivity index (χ0v) is 11.8. The van der Waals surface area contributed by atoms with E-state index in [2.05, 4.69) is 0 Å². The molecule has 20 heavy (non-hydrogen) atoms. The fraction of sp³-hybridized carbons (Fsp3) is 0.500. The van der Waals surface area contributed by atoms with Crippen molar-refractivity contribution in [2.45, 2.75) is 32.0 Å². The van der Waals surface area contributed by atoms with Crippen LogP contribution in [0.15, 0.2) is 18.2 Å². The van der Waals surface area contributed by atoms with Crippen LogP contribution in [0.5, 0.6) is 0 Å². The number of hydrogen-bond donors (Lipinski definition) is 0. The molecule has 0 N–H and O–H groups in total. The molecule has 2 nitrogen and oxygen atoms in total. The summed E-state index contributed by atoms with van der Waals surface area (Å²) in [6.07, 6.45) is -4.30. The zero-order valence-electron chi connectivity index (χ0n) is 11.8. The van der Waals surface area contributed by atoms with E-state index < -0.39 is 28.9 Å². The van der Waals surface area contributed by atoms with Crippen LogP contribution in [-0.4, -0.2) is 30.3 Å². The Labute approximate surface area is 115 Å². The molecule has 0 amide bonds. The molecule has 0 aliphatic carbocycles. The fourth-order valence-electron chi connectivity index (χ4n) is 1.88. The first kappa shape index (κ1) is 16.6. The summed E-state index contributed by atoms with van der Waals surface area (Å²) in [5.41, 5.74) is -2.31. The van der Waals surface area contributed by atoms with Gasteiger partial charge in [-0.25, -0.2) is 4.39 Å². The molecule has 0 saturated carbocycles. The highest BCUT2D eigenvalue weighted by Crippen LogP contribution is 2.32. The number of carbonyl (C=O) groups is 1. The summed E-state index contributed by atoms with van der Waals surface area (Å²) in [6.45, 7) is 3.46. The quantitative estimate of drug-likeness (QED) is 0.622. The average Bonchev–Trinajstić information content (AvgIpc) is 2.34. The predicted molar refractivity (Wildman–Crippen MR) is 68.1 cm³/mol. The van der Waals surface area contributed by atoms with Gasteiger partial charge >= 0.3 is 6.18 Å². The van der Waals surface area contributed by atoms with Gasteiger partial charge in [-0.3, -0.25) is 9.69 Å². The number of nitrogens with zero attached hydrogens (tertiary/aromatic N) is 1. The maximum atomic E-state index is 13.5. The molecule has 0 radical (unpaired) electrons. The van der Waals surface area contributed by atoms with Gasteiger partial charge in [0.25, 0.3) is 0 Å². The molecule has 112 valence electrons. The lowest BCUT2D eigenvalue weighted by Gasteiger charge is -2.34. The van der Waals surface area contributed by atoms with Gasteiger partial charge in [0.15, 0.2) is 5.78 Å². The molecule has 1 aromatic carbocycles. The molecule has 6 heteroatoms. The number of likely N-dealkylation sites (N-methyl/N-ethyl adjacent to an activating group) is 1. The third kappa shape index (κ3) is 3.00. The Morgan fingerprint density at radius 2 is 1.80 bits per heavy atom. The molecule has 1 unspecified atom stereocenters. The van der Waals surface area contributed by atoms with E-state index in [1.807, 2.05) is 0 Å². The van der Waals surface area contributed by atoms with Crippen molar-refractivity contribution in [3.8, 4) is 0 Å². The standard InChI is InChI=1S/C14H17F4NO/c1-5-13(2,19(3)4)12(20)9-6-7-10(11(15)8-9)14(16,17)18/h6-8H,5H2,1-4H3. The summed E-state index contributed by atoms with van der Waals surface area (Å²) in [6, 6.07) is 2.28. The number of benzene rings is 1. The molecular weight excluding hydrogens is 274 g/mol. The lowest BCUT2D eigenvalue weighted by Crippen LogP contribution is -2.48. The third-order valence-electron chi connectivity index (χ3n) is 3.70. The van der Waals surface area contributed by atoms with E-state index >= 15 is 0 Å². The van der Waals surface area contributed by atoms with Crippen molar-refractivity contribution in [1.29, 1.82) is 0 Å². The van der Waals surface area contributed by atoms with Crippen molar-refractivity contribution in [2.24, 2.45) is 0 Å². The monoisotopic (exact) mass is 291 g/mol. The van der Waals surface area contributed by atoms with E-state index in [9.17, 15) is 22.4 Å². The van der Waals surface area contributed by atoms with Gasteiger partial charge < -0.3 is 0 Å². The number of alkyl halides is 3. The van der Waals surface area contributed by atoms with Crippen LogP contribution in [0.4, 0.5) is 17.6 Å². The molecule has 1 rings (SSSR count). The summed E-state index contributed by atoms with van der Waals surface area (Å²) >= 11 is 0. The summed E-state index contributed by atoms with van der Waals surface area (Å²) in [5.74, 6) is -1.84. The molecule has 0 bridgehead atoms. The topological polar surface area (TPSA) is 20.3 Å².